The standard InChI is InChI=1S/C19H19FN2O3/c1-25-16-8-3-7-15(12-16)21-18(23)17-9-4-10-22(17)19(24)13-5-2-6-14(20)11-13/h2-3,5-8,11-12,17H,4,9-10H2,1H3,(H,21,23). The van der Waals surface area contributed by atoms with Crippen LogP contribution >= 0.6 is 0 Å². The van der Waals surface area contributed by atoms with Crippen molar-refractivity contribution in [3.8, 4) is 5.75 Å². The molecule has 0 saturated carbocycles. The molecule has 130 valence electrons. The number of hydrogen-bond acceptors (Lipinski definition) is 3. The third-order valence-corrected chi connectivity index (χ3v) is 4.23. The molecule has 25 heavy (non-hydrogen) atoms. The topological polar surface area (TPSA) is 58.6 Å². The van der Waals surface area contributed by atoms with Crippen molar-refractivity contribution in [2.24, 2.45) is 0 Å². The molecule has 0 aromatic heterocycles. The maximum atomic E-state index is 13.4. The molecule has 1 unspecified atom stereocenters. The number of carbonyl (C=O) groups excluding carboxylic acids is 2. The second-order valence-corrected chi connectivity index (χ2v) is 5.89. The Labute approximate surface area is 145 Å². The van der Waals surface area contributed by atoms with Crippen LogP contribution in [0.2, 0.25) is 0 Å². The Morgan fingerprint density at radius 2 is 2.00 bits per heavy atom. The van der Waals surface area contributed by atoms with Crippen LogP contribution in [-0.2, 0) is 4.79 Å². The number of carbonyl (C=O) groups is 2. The summed E-state index contributed by atoms with van der Waals surface area (Å²) < 4.78 is 18.5. The largest absolute Gasteiger partial charge is 0.497 e. The molecule has 0 spiro atoms. The number of likely N-dealkylation sites (tertiary alicyclic amines) is 1. The maximum absolute atomic E-state index is 13.4. The Balaban J connectivity index is 1.74. The second-order valence-electron chi connectivity index (χ2n) is 5.89. The number of amides is 2. The minimum atomic E-state index is -0.568. The number of hydrogen-bond donors (Lipinski definition) is 1. The molecule has 1 aliphatic rings. The van der Waals surface area contributed by atoms with Gasteiger partial charge in [0.25, 0.3) is 5.91 Å². The Kier molecular flexibility index (Phi) is 4.97. The second kappa shape index (κ2) is 7.34. The summed E-state index contributed by atoms with van der Waals surface area (Å²) in [4.78, 5) is 26.7. The number of ether oxygens (including phenoxy) is 1. The zero-order valence-electron chi connectivity index (χ0n) is 13.9. The molecule has 1 heterocycles. The molecule has 1 saturated heterocycles. The molecule has 3 rings (SSSR count). The Morgan fingerprint density at radius 1 is 1.20 bits per heavy atom. The molecule has 0 aliphatic carbocycles. The molecule has 0 radical (unpaired) electrons. The lowest BCUT2D eigenvalue weighted by atomic mass is 10.1. The highest BCUT2D eigenvalue weighted by molar-refractivity contribution is 6.01. The third-order valence-electron chi connectivity index (χ3n) is 4.23. The number of benzene rings is 2. The molecule has 1 aliphatic heterocycles. The number of nitrogens with zero attached hydrogens (tertiary/aromatic N) is 1. The van der Waals surface area contributed by atoms with Crippen molar-refractivity contribution in [3.05, 3.63) is 59.9 Å². The van der Waals surface area contributed by atoms with Gasteiger partial charge in [0.1, 0.15) is 17.6 Å². The van der Waals surface area contributed by atoms with Crippen molar-refractivity contribution in [3.63, 3.8) is 0 Å². The summed E-state index contributed by atoms with van der Waals surface area (Å²) in [5.74, 6) is -0.419. The summed E-state index contributed by atoms with van der Waals surface area (Å²) in [7, 11) is 1.55. The van der Waals surface area contributed by atoms with E-state index in [2.05, 4.69) is 5.32 Å². The molecular weight excluding hydrogens is 323 g/mol. The zero-order valence-corrected chi connectivity index (χ0v) is 13.9. The highest BCUT2D eigenvalue weighted by Gasteiger charge is 2.34. The molecule has 5 nitrogen and oxygen atoms in total. The van der Waals surface area contributed by atoms with E-state index in [4.69, 9.17) is 4.74 Å². The van der Waals surface area contributed by atoms with Gasteiger partial charge in [-0.2, -0.15) is 0 Å². The van der Waals surface area contributed by atoms with E-state index in [0.29, 0.717) is 24.4 Å². The van der Waals surface area contributed by atoms with Gasteiger partial charge in [-0.1, -0.05) is 12.1 Å². The monoisotopic (exact) mass is 342 g/mol. The van der Waals surface area contributed by atoms with Crippen LogP contribution in [0.4, 0.5) is 10.1 Å². The number of anilines is 1. The van der Waals surface area contributed by atoms with E-state index in [0.717, 1.165) is 6.42 Å². The van der Waals surface area contributed by atoms with Crippen molar-refractivity contribution in [2.45, 2.75) is 18.9 Å². The third kappa shape index (κ3) is 3.79. The normalized spacial score (nSPS) is 16.6. The molecule has 2 aromatic rings. The molecular formula is C19H19FN2O3. The van der Waals surface area contributed by atoms with E-state index in [1.54, 1.807) is 37.4 Å². The van der Waals surface area contributed by atoms with E-state index in [1.165, 1.54) is 23.1 Å². The van der Waals surface area contributed by atoms with Gasteiger partial charge in [-0.15, -0.1) is 0 Å². The van der Waals surface area contributed by atoms with Crippen LogP contribution < -0.4 is 10.1 Å². The van der Waals surface area contributed by atoms with Crippen molar-refractivity contribution in [2.75, 3.05) is 19.0 Å². The van der Waals surface area contributed by atoms with Gasteiger partial charge in [0.05, 0.1) is 7.11 Å². The van der Waals surface area contributed by atoms with Crippen molar-refractivity contribution < 1.29 is 18.7 Å². The predicted molar refractivity (Wildman–Crippen MR) is 92.1 cm³/mol. The fourth-order valence-electron chi connectivity index (χ4n) is 3.00. The SMILES string of the molecule is COc1cccc(NC(=O)C2CCCN2C(=O)c2cccc(F)c2)c1. The first kappa shape index (κ1) is 17.0. The lowest BCUT2D eigenvalue weighted by Crippen LogP contribution is -2.43. The van der Waals surface area contributed by atoms with E-state index in [1.807, 2.05) is 0 Å². The molecule has 1 N–H and O–H groups in total. The zero-order chi connectivity index (χ0) is 17.8. The van der Waals surface area contributed by atoms with Crippen LogP contribution in [-0.4, -0.2) is 36.4 Å². The minimum absolute atomic E-state index is 0.251. The molecule has 2 amide bonds. The Morgan fingerprint density at radius 3 is 2.76 bits per heavy atom. The van der Waals surface area contributed by atoms with E-state index in [9.17, 15) is 14.0 Å². The highest BCUT2D eigenvalue weighted by atomic mass is 19.1. The fraction of sp³-hybridized carbons (Fsp3) is 0.263. The highest BCUT2D eigenvalue weighted by Crippen LogP contribution is 2.23. The fourth-order valence-corrected chi connectivity index (χ4v) is 3.00. The van der Waals surface area contributed by atoms with Gasteiger partial charge < -0.3 is 15.0 Å². The molecule has 1 atom stereocenters. The molecule has 2 aromatic carbocycles. The van der Waals surface area contributed by atoms with Crippen LogP contribution in [0.5, 0.6) is 5.75 Å². The van der Waals surface area contributed by atoms with E-state index < -0.39 is 11.9 Å². The number of halogens is 1. The van der Waals surface area contributed by atoms with Gasteiger partial charge in [-0.3, -0.25) is 9.59 Å². The average molecular weight is 342 g/mol. The van der Waals surface area contributed by atoms with E-state index in [-0.39, 0.29) is 17.4 Å². The Bertz CT molecular complexity index is 794. The van der Waals surface area contributed by atoms with Gasteiger partial charge in [-0.05, 0) is 43.2 Å². The van der Waals surface area contributed by atoms with Crippen LogP contribution in [0.1, 0.15) is 23.2 Å². The summed E-state index contributed by atoms with van der Waals surface area (Å²) in [6.45, 7) is 0.478. The predicted octanol–water partition coefficient (Wildman–Crippen LogP) is 3.08. The lowest BCUT2D eigenvalue weighted by Gasteiger charge is -2.24. The van der Waals surface area contributed by atoms with Crippen LogP contribution in [0, 0.1) is 5.82 Å². The van der Waals surface area contributed by atoms with Crippen molar-refractivity contribution in [1.82, 2.24) is 4.90 Å². The van der Waals surface area contributed by atoms with Gasteiger partial charge in [0, 0.05) is 23.9 Å². The molecule has 6 heteroatoms. The van der Waals surface area contributed by atoms with Gasteiger partial charge in [0.2, 0.25) is 5.91 Å². The maximum Gasteiger partial charge on any atom is 0.254 e. The number of methoxy groups -OCH3 is 1. The smallest absolute Gasteiger partial charge is 0.254 e. The van der Waals surface area contributed by atoms with Crippen LogP contribution in [0.15, 0.2) is 48.5 Å². The van der Waals surface area contributed by atoms with E-state index >= 15 is 0 Å². The summed E-state index contributed by atoms with van der Waals surface area (Å²) in [5, 5.41) is 2.82. The molecule has 1 fully saturated rings. The van der Waals surface area contributed by atoms with Crippen molar-refractivity contribution >= 4 is 17.5 Å². The first-order valence-corrected chi connectivity index (χ1v) is 8.10. The quantitative estimate of drug-likeness (QED) is 0.929. The Hall–Kier alpha value is -2.89. The first-order valence-electron chi connectivity index (χ1n) is 8.10. The van der Waals surface area contributed by atoms with Crippen molar-refractivity contribution in [1.29, 1.82) is 0 Å². The molecule has 0 bridgehead atoms. The first-order chi connectivity index (χ1) is 12.1. The van der Waals surface area contributed by atoms with Gasteiger partial charge in [-0.25, -0.2) is 4.39 Å². The van der Waals surface area contributed by atoms with Crippen LogP contribution in [0.3, 0.4) is 0 Å². The summed E-state index contributed by atoms with van der Waals surface area (Å²) in [6.07, 6.45) is 1.31. The van der Waals surface area contributed by atoms with Gasteiger partial charge in [0.15, 0.2) is 0 Å². The summed E-state index contributed by atoms with van der Waals surface area (Å²) >= 11 is 0. The number of nitrogens with one attached hydrogen (secondary N) is 1. The minimum Gasteiger partial charge on any atom is -0.497 e. The summed E-state index contributed by atoms with van der Waals surface area (Å²) in [5.41, 5.74) is 0.857. The summed E-state index contributed by atoms with van der Waals surface area (Å²) in [6, 6.07) is 12.0. The van der Waals surface area contributed by atoms with Crippen LogP contribution in [0.25, 0.3) is 0 Å². The van der Waals surface area contributed by atoms with Gasteiger partial charge >= 0.3 is 0 Å². The number of rotatable bonds is 4. The average Bonchev–Trinajstić information content (AvgIpc) is 3.11. The lowest BCUT2D eigenvalue weighted by molar-refractivity contribution is -0.119.